The molecular formula is C24H30N4O4. The Bertz CT molecular complexity index is 1140. The first-order valence-electron chi connectivity index (χ1n) is 10.5. The highest BCUT2D eigenvalue weighted by molar-refractivity contribution is 5.81. The van der Waals surface area contributed by atoms with Crippen molar-refractivity contribution < 1.29 is 14.3 Å². The van der Waals surface area contributed by atoms with Crippen LogP contribution in [0, 0.1) is 0 Å². The van der Waals surface area contributed by atoms with Gasteiger partial charge in [-0.2, -0.15) is 0 Å². The molecule has 0 saturated heterocycles. The summed E-state index contributed by atoms with van der Waals surface area (Å²) in [6.45, 7) is 1.71. The van der Waals surface area contributed by atoms with E-state index in [2.05, 4.69) is 21.3 Å². The predicted molar refractivity (Wildman–Crippen MR) is 124 cm³/mol. The van der Waals surface area contributed by atoms with E-state index in [9.17, 15) is 9.59 Å². The molecule has 0 spiro atoms. The standard InChI is InChI=1S/C24H30N4O4/c1-27(2)15-18-9-6-5-8-17(18)14-25-23(29)10-7-11-28-16-26-20-13-22(32-4)21(31-3)12-19(20)24(28)30/h5-6,8-9,12-13,16H,7,10-11,14-15H2,1-4H3,(H,25,29). The molecule has 32 heavy (non-hydrogen) atoms. The van der Waals surface area contributed by atoms with Gasteiger partial charge in [0.15, 0.2) is 11.5 Å². The summed E-state index contributed by atoms with van der Waals surface area (Å²) in [5.74, 6) is 0.955. The molecule has 1 N–H and O–H groups in total. The molecule has 1 aromatic heterocycles. The molecule has 8 nitrogen and oxygen atoms in total. The van der Waals surface area contributed by atoms with Gasteiger partial charge in [0.05, 0.1) is 31.4 Å². The fourth-order valence-corrected chi connectivity index (χ4v) is 3.56. The number of hydrogen-bond donors (Lipinski definition) is 1. The van der Waals surface area contributed by atoms with Crippen LogP contribution >= 0.6 is 0 Å². The lowest BCUT2D eigenvalue weighted by Gasteiger charge is -2.14. The number of rotatable bonds is 10. The maximum absolute atomic E-state index is 12.8. The van der Waals surface area contributed by atoms with Crippen molar-refractivity contribution in [3.05, 3.63) is 64.2 Å². The molecule has 0 atom stereocenters. The molecule has 0 bridgehead atoms. The largest absolute Gasteiger partial charge is 0.493 e. The number of aromatic nitrogens is 2. The van der Waals surface area contributed by atoms with Crippen LogP contribution in [0.4, 0.5) is 0 Å². The summed E-state index contributed by atoms with van der Waals surface area (Å²) in [6.07, 6.45) is 2.36. The number of carbonyl (C=O) groups is 1. The van der Waals surface area contributed by atoms with Gasteiger partial charge in [-0.05, 0) is 37.7 Å². The van der Waals surface area contributed by atoms with Gasteiger partial charge in [0, 0.05) is 32.1 Å². The van der Waals surface area contributed by atoms with E-state index in [0.717, 1.165) is 12.1 Å². The van der Waals surface area contributed by atoms with Crippen LogP contribution in [0.5, 0.6) is 11.5 Å². The number of nitrogens with zero attached hydrogens (tertiary/aromatic N) is 3. The Morgan fingerprint density at radius 2 is 1.78 bits per heavy atom. The minimum absolute atomic E-state index is 0.0436. The maximum atomic E-state index is 12.8. The summed E-state index contributed by atoms with van der Waals surface area (Å²) >= 11 is 0. The Balaban J connectivity index is 1.59. The number of carbonyl (C=O) groups excluding carboxylic acids is 1. The van der Waals surface area contributed by atoms with E-state index >= 15 is 0 Å². The van der Waals surface area contributed by atoms with E-state index < -0.39 is 0 Å². The first-order chi connectivity index (χ1) is 15.4. The highest BCUT2D eigenvalue weighted by Crippen LogP contribution is 2.29. The summed E-state index contributed by atoms with van der Waals surface area (Å²) < 4.78 is 12.1. The van der Waals surface area contributed by atoms with Crippen LogP contribution < -0.4 is 20.3 Å². The topological polar surface area (TPSA) is 85.7 Å². The zero-order valence-electron chi connectivity index (χ0n) is 19.1. The SMILES string of the molecule is COc1cc2ncn(CCCC(=O)NCc3ccccc3CN(C)C)c(=O)c2cc1OC. The first-order valence-corrected chi connectivity index (χ1v) is 10.5. The second-order valence-electron chi connectivity index (χ2n) is 7.85. The van der Waals surface area contributed by atoms with Crippen molar-refractivity contribution in [3.63, 3.8) is 0 Å². The molecule has 1 heterocycles. The molecule has 0 unspecified atom stereocenters. The molecule has 1 amide bonds. The smallest absolute Gasteiger partial charge is 0.261 e. The highest BCUT2D eigenvalue weighted by Gasteiger charge is 2.12. The molecule has 3 rings (SSSR count). The maximum Gasteiger partial charge on any atom is 0.261 e. The number of nitrogens with one attached hydrogen (secondary N) is 1. The second-order valence-corrected chi connectivity index (χ2v) is 7.85. The third kappa shape index (κ3) is 5.64. The van der Waals surface area contributed by atoms with Gasteiger partial charge in [-0.25, -0.2) is 4.98 Å². The first kappa shape index (κ1) is 23.3. The molecule has 0 aliphatic rings. The molecule has 3 aromatic rings. The summed E-state index contributed by atoms with van der Waals surface area (Å²) in [7, 11) is 7.10. The monoisotopic (exact) mass is 438 g/mol. The van der Waals surface area contributed by atoms with Gasteiger partial charge < -0.3 is 19.7 Å². The van der Waals surface area contributed by atoms with Gasteiger partial charge in [0.2, 0.25) is 5.91 Å². The Kier molecular flexibility index (Phi) is 7.83. The number of aryl methyl sites for hydroxylation is 1. The molecule has 8 heteroatoms. The van der Waals surface area contributed by atoms with Gasteiger partial charge >= 0.3 is 0 Å². The van der Waals surface area contributed by atoms with E-state index in [-0.39, 0.29) is 11.5 Å². The average Bonchev–Trinajstić information content (AvgIpc) is 2.79. The van der Waals surface area contributed by atoms with Crippen molar-refractivity contribution in [2.45, 2.75) is 32.5 Å². The Labute approximate surface area is 187 Å². The van der Waals surface area contributed by atoms with Gasteiger partial charge in [0.25, 0.3) is 5.56 Å². The minimum Gasteiger partial charge on any atom is -0.493 e. The third-order valence-corrected chi connectivity index (χ3v) is 5.21. The number of amides is 1. The molecule has 0 saturated carbocycles. The zero-order chi connectivity index (χ0) is 23.1. The summed E-state index contributed by atoms with van der Waals surface area (Å²) in [5, 5.41) is 3.43. The Hall–Kier alpha value is -3.39. The van der Waals surface area contributed by atoms with Crippen LogP contribution in [0.25, 0.3) is 10.9 Å². The lowest BCUT2D eigenvalue weighted by molar-refractivity contribution is -0.121. The number of fused-ring (bicyclic) bond motifs is 1. The van der Waals surface area contributed by atoms with Gasteiger partial charge in [-0.1, -0.05) is 24.3 Å². The van der Waals surface area contributed by atoms with Crippen molar-refractivity contribution in [3.8, 4) is 11.5 Å². The van der Waals surface area contributed by atoms with Crippen LogP contribution in [0.2, 0.25) is 0 Å². The number of methoxy groups -OCH3 is 2. The number of hydrogen-bond acceptors (Lipinski definition) is 6. The number of benzene rings is 2. The van der Waals surface area contributed by atoms with Crippen LogP contribution in [-0.2, 0) is 24.4 Å². The number of ether oxygens (including phenoxy) is 2. The molecule has 170 valence electrons. The van der Waals surface area contributed by atoms with Crippen molar-refractivity contribution >= 4 is 16.8 Å². The molecule has 0 radical (unpaired) electrons. The van der Waals surface area contributed by atoms with Crippen molar-refractivity contribution in [1.29, 1.82) is 0 Å². The van der Waals surface area contributed by atoms with Crippen LogP contribution in [0.1, 0.15) is 24.0 Å². The zero-order valence-corrected chi connectivity index (χ0v) is 19.1. The van der Waals surface area contributed by atoms with E-state index in [1.807, 2.05) is 32.3 Å². The summed E-state index contributed by atoms with van der Waals surface area (Å²) in [6, 6.07) is 11.4. The lowest BCUT2D eigenvalue weighted by Crippen LogP contribution is -2.25. The fourth-order valence-electron chi connectivity index (χ4n) is 3.56. The van der Waals surface area contributed by atoms with E-state index in [1.165, 1.54) is 30.7 Å². The fraction of sp³-hybridized carbons (Fsp3) is 0.375. The summed E-state index contributed by atoms with van der Waals surface area (Å²) in [4.78, 5) is 31.6. The van der Waals surface area contributed by atoms with Crippen LogP contribution in [0.15, 0.2) is 47.5 Å². The van der Waals surface area contributed by atoms with Crippen molar-refractivity contribution in [2.24, 2.45) is 0 Å². The second kappa shape index (κ2) is 10.8. The Morgan fingerprint density at radius 1 is 1.09 bits per heavy atom. The summed E-state index contributed by atoms with van der Waals surface area (Å²) in [5.41, 5.74) is 2.67. The molecular weight excluding hydrogens is 408 g/mol. The normalized spacial score (nSPS) is 11.0. The highest BCUT2D eigenvalue weighted by atomic mass is 16.5. The average molecular weight is 439 g/mol. The van der Waals surface area contributed by atoms with E-state index in [0.29, 0.717) is 48.3 Å². The molecule has 0 fully saturated rings. The van der Waals surface area contributed by atoms with Gasteiger partial charge in [-0.15, -0.1) is 0 Å². The van der Waals surface area contributed by atoms with Gasteiger partial charge in [0.1, 0.15) is 0 Å². The Morgan fingerprint density at radius 3 is 2.47 bits per heavy atom. The third-order valence-electron chi connectivity index (χ3n) is 5.21. The quantitative estimate of drug-likeness (QED) is 0.524. The van der Waals surface area contributed by atoms with Gasteiger partial charge in [-0.3, -0.25) is 14.2 Å². The predicted octanol–water partition coefficient (Wildman–Crippen LogP) is 2.57. The molecule has 0 aliphatic carbocycles. The van der Waals surface area contributed by atoms with Crippen molar-refractivity contribution in [2.75, 3.05) is 28.3 Å². The van der Waals surface area contributed by atoms with Crippen LogP contribution in [0.3, 0.4) is 0 Å². The van der Waals surface area contributed by atoms with Crippen molar-refractivity contribution in [1.82, 2.24) is 19.8 Å². The lowest BCUT2D eigenvalue weighted by atomic mass is 10.1. The molecule has 0 aliphatic heterocycles. The minimum atomic E-state index is -0.172. The van der Waals surface area contributed by atoms with E-state index in [1.54, 1.807) is 12.1 Å². The van der Waals surface area contributed by atoms with E-state index in [4.69, 9.17) is 9.47 Å². The van der Waals surface area contributed by atoms with Crippen LogP contribution in [-0.4, -0.2) is 48.7 Å². The molecule has 2 aromatic carbocycles.